The number of rotatable bonds is 6. The second-order valence-electron chi connectivity index (χ2n) is 7.65. The van der Waals surface area contributed by atoms with Gasteiger partial charge in [-0.25, -0.2) is 9.97 Å². The quantitative estimate of drug-likeness (QED) is 0.324. The molecule has 5 rings (SSSR count). The Morgan fingerprint density at radius 3 is 2.82 bits per heavy atom. The zero-order chi connectivity index (χ0) is 23.1. The molecule has 2 aromatic heterocycles. The van der Waals surface area contributed by atoms with Crippen LogP contribution in [-0.4, -0.2) is 26.6 Å². The van der Waals surface area contributed by atoms with Crippen LogP contribution in [-0.2, 0) is 0 Å². The number of nitriles is 1. The van der Waals surface area contributed by atoms with Crippen molar-refractivity contribution in [3.63, 3.8) is 0 Å². The van der Waals surface area contributed by atoms with Crippen molar-refractivity contribution in [2.75, 3.05) is 12.4 Å². The van der Waals surface area contributed by atoms with Gasteiger partial charge in [-0.05, 0) is 18.9 Å². The van der Waals surface area contributed by atoms with Gasteiger partial charge in [0.1, 0.15) is 11.8 Å². The van der Waals surface area contributed by atoms with Crippen LogP contribution >= 0.6 is 0 Å². The van der Waals surface area contributed by atoms with E-state index in [-0.39, 0.29) is 22.9 Å². The van der Waals surface area contributed by atoms with Crippen molar-refractivity contribution in [3.05, 3.63) is 70.3 Å². The van der Waals surface area contributed by atoms with Gasteiger partial charge >= 0.3 is 5.69 Å². The predicted molar refractivity (Wildman–Crippen MR) is 119 cm³/mol. The number of halogens is 1. The van der Waals surface area contributed by atoms with Gasteiger partial charge in [-0.3, -0.25) is 10.1 Å². The average Bonchev–Trinajstić information content (AvgIpc) is 3.59. The number of ether oxygens (including phenoxy) is 1. The molecule has 33 heavy (non-hydrogen) atoms. The Kier molecular flexibility index (Phi) is 4.86. The van der Waals surface area contributed by atoms with Crippen LogP contribution in [0.15, 0.2) is 48.8 Å². The Morgan fingerprint density at radius 1 is 1.33 bits per heavy atom. The van der Waals surface area contributed by atoms with Crippen molar-refractivity contribution < 1.29 is 14.1 Å². The lowest BCUT2D eigenvalue weighted by molar-refractivity contribution is -0.387. The minimum atomic E-state index is -1.02. The summed E-state index contributed by atoms with van der Waals surface area (Å²) in [7, 11) is 1.32. The number of nitrogens with zero attached hydrogens (tertiary/aromatic N) is 5. The second-order valence-corrected chi connectivity index (χ2v) is 7.65. The molecule has 2 aromatic carbocycles. The first-order chi connectivity index (χ1) is 16.0. The summed E-state index contributed by atoms with van der Waals surface area (Å²) >= 11 is 0. The van der Waals surface area contributed by atoms with Crippen LogP contribution in [0.2, 0.25) is 0 Å². The summed E-state index contributed by atoms with van der Waals surface area (Å²) < 4.78 is 21.3. The van der Waals surface area contributed by atoms with E-state index in [1.54, 1.807) is 0 Å². The molecule has 0 amide bonds. The highest BCUT2D eigenvalue weighted by Crippen LogP contribution is 2.42. The number of benzene rings is 2. The summed E-state index contributed by atoms with van der Waals surface area (Å²) in [5.41, 5.74) is 1.98. The summed E-state index contributed by atoms with van der Waals surface area (Å²) in [5, 5.41) is 24.7. The Bertz CT molecular complexity index is 1450. The molecule has 1 N–H and O–H groups in total. The first-order valence-electron chi connectivity index (χ1n) is 10.2. The molecule has 164 valence electrons. The summed E-state index contributed by atoms with van der Waals surface area (Å²) in [6, 6.07) is 12.4. The topological polar surface area (TPSA) is 119 Å². The lowest BCUT2D eigenvalue weighted by atomic mass is 10.1. The predicted octanol–water partition coefficient (Wildman–Crippen LogP) is 5.10. The highest BCUT2D eigenvalue weighted by atomic mass is 19.1. The van der Waals surface area contributed by atoms with Gasteiger partial charge in [-0.1, -0.05) is 18.2 Å². The number of nitrogens with one attached hydrogen (secondary N) is 1. The summed E-state index contributed by atoms with van der Waals surface area (Å²) in [4.78, 5) is 19.1. The molecular weight excluding hydrogens is 427 g/mol. The molecule has 2 heterocycles. The van der Waals surface area contributed by atoms with E-state index >= 15 is 0 Å². The maximum atomic E-state index is 14.0. The maximum absolute atomic E-state index is 14.0. The molecule has 0 radical (unpaired) electrons. The van der Waals surface area contributed by atoms with E-state index in [2.05, 4.69) is 25.9 Å². The number of hydrogen-bond donors (Lipinski definition) is 1. The molecule has 0 unspecified atom stereocenters. The van der Waals surface area contributed by atoms with Crippen molar-refractivity contribution in [2.24, 2.45) is 0 Å². The molecule has 0 atom stereocenters. The van der Waals surface area contributed by atoms with Gasteiger partial charge in [0, 0.05) is 40.8 Å². The van der Waals surface area contributed by atoms with E-state index in [0.717, 1.165) is 41.4 Å². The SMILES string of the molecule is COc1cc(F)c([N+](=O)[O-])cc1Nc1ncc(C#N)c(-c2cn(C3CC3)c3ccccc23)n1. The number of fused-ring (bicyclic) bond motifs is 1. The van der Waals surface area contributed by atoms with Crippen molar-refractivity contribution in [1.29, 1.82) is 5.26 Å². The maximum Gasteiger partial charge on any atom is 0.307 e. The van der Waals surface area contributed by atoms with Crippen LogP contribution in [0.3, 0.4) is 0 Å². The number of hydrogen-bond acceptors (Lipinski definition) is 7. The average molecular weight is 444 g/mol. The van der Waals surface area contributed by atoms with Gasteiger partial charge in [-0.2, -0.15) is 9.65 Å². The number of para-hydroxylation sites is 1. The van der Waals surface area contributed by atoms with Gasteiger partial charge in [0.05, 0.1) is 35.2 Å². The third-order valence-electron chi connectivity index (χ3n) is 5.56. The van der Waals surface area contributed by atoms with Gasteiger partial charge in [-0.15, -0.1) is 0 Å². The lowest BCUT2D eigenvalue weighted by Gasteiger charge is -2.11. The molecule has 9 nitrogen and oxygen atoms in total. The van der Waals surface area contributed by atoms with E-state index in [4.69, 9.17) is 4.74 Å². The van der Waals surface area contributed by atoms with Crippen LogP contribution in [0.5, 0.6) is 5.75 Å². The standard InChI is InChI=1S/C23H17FN6O3/c1-33-21-8-17(24)20(30(31)32)9-18(21)27-23-26-11-13(10-25)22(28-23)16-12-29(14-6-7-14)19-5-3-2-4-15(16)19/h2-5,8-9,11-12,14H,6-7H2,1H3,(H,26,27,28). The summed E-state index contributed by atoms with van der Waals surface area (Å²) in [6.45, 7) is 0. The van der Waals surface area contributed by atoms with E-state index in [1.807, 2.05) is 30.5 Å². The minimum absolute atomic E-state index is 0.0537. The number of nitro benzene ring substituents is 1. The van der Waals surface area contributed by atoms with Crippen LogP contribution in [0, 0.1) is 27.3 Å². The molecule has 4 aromatic rings. The van der Waals surface area contributed by atoms with Gasteiger partial charge in [0.2, 0.25) is 11.8 Å². The molecular formula is C23H17FN6O3. The molecule has 1 saturated carbocycles. The van der Waals surface area contributed by atoms with E-state index in [9.17, 15) is 19.8 Å². The fraction of sp³-hybridized carbons (Fsp3) is 0.174. The number of nitro groups is 1. The minimum Gasteiger partial charge on any atom is -0.494 e. The molecule has 1 fully saturated rings. The highest BCUT2D eigenvalue weighted by molar-refractivity contribution is 5.96. The normalized spacial score (nSPS) is 13.0. The molecule has 1 aliphatic rings. The third kappa shape index (κ3) is 3.59. The summed E-state index contributed by atoms with van der Waals surface area (Å²) in [5.74, 6) is -0.874. The molecule has 0 saturated heterocycles. The fourth-order valence-corrected chi connectivity index (χ4v) is 3.85. The summed E-state index contributed by atoms with van der Waals surface area (Å²) in [6.07, 6.45) is 5.59. The Hall–Kier alpha value is -4.52. The van der Waals surface area contributed by atoms with Gasteiger partial charge in [0.15, 0.2) is 0 Å². The Balaban J connectivity index is 1.62. The zero-order valence-electron chi connectivity index (χ0n) is 17.4. The zero-order valence-corrected chi connectivity index (χ0v) is 17.4. The van der Waals surface area contributed by atoms with E-state index in [0.29, 0.717) is 11.7 Å². The van der Waals surface area contributed by atoms with Gasteiger partial charge < -0.3 is 14.6 Å². The first kappa shape index (κ1) is 20.4. The van der Waals surface area contributed by atoms with Crippen molar-refractivity contribution in [3.8, 4) is 23.1 Å². The van der Waals surface area contributed by atoms with Gasteiger partial charge in [0.25, 0.3) is 0 Å². The number of anilines is 2. The molecule has 0 spiro atoms. The number of methoxy groups -OCH3 is 1. The second kappa shape index (κ2) is 7.87. The van der Waals surface area contributed by atoms with E-state index in [1.165, 1.54) is 13.3 Å². The van der Waals surface area contributed by atoms with E-state index < -0.39 is 16.4 Å². The first-order valence-corrected chi connectivity index (χ1v) is 10.2. The fourth-order valence-electron chi connectivity index (χ4n) is 3.85. The smallest absolute Gasteiger partial charge is 0.307 e. The Labute approximate surface area is 187 Å². The van der Waals surface area contributed by atoms with Crippen LogP contribution in [0.25, 0.3) is 22.2 Å². The van der Waals surface area contributed by atoms with Crippen LogP contribution in [0.4, 0.5) is 21.7 Å². The number of aromatic nitrogens is 3. The lowest BCUT2D eigenvalue weighted by Crippen LogP contribution is -2.03. The van der Waals surface area contributed by atoms with Crippen LogP contribution < -0.4 is 10.1 Å². The molecule has 1 aliphatic carbocycles. The molecule has 0 aliphatic heterocycles. The van der Waals surface area contributed by atoms with Crippen molar-refractivity contribution >= 4 is 28.2 Å². The third-order valence-corrected chi connectivity index (χ3v) is 5.56. The Morgan fingerprint density at radius 2 is 2.12 bits per heavy atom. The highest BCUT2D eigenvalue weighted by Gasteiger charge is 2.27. The monoisotopic (exact) mass is 444 g/mol. The molecule has 0 bridgehead atoms. The molecule has 10 heteroatoms. The van der Waals surface area contributed by atoms with Crippen LogP contribution in [0.1, 0.15) is 24.4 Å². The largest absolute Gasteiger partial charge is 0.494 e. The van der Waals surface area contributed by atoms with Crippen molar-refractivity contribution in [1.82, 2.24) is 14.5 Å². The van der Waals surface area contributed by atoms with Crippen molar-refractivity contribution in [2.45, 2.75) is 18.9 Å².